The molecule has 1 unspecified atom stereocenters. The molecule has 0 aromatic rings. The maximum atomic E-state index is 3.49. The number of halogens is 1. The van der Waals surface area contributed by atoms with Crippen LogP contribution in [-0.2, 0) is 0 Å². The van der Waals surface area contributed by atoms with Crippen LogP contribution >= 0.6 is 15.9 Å². The van der Waals surface area contributed by atoms with E-state index in [9.17, 15) is 0 Å². The van der Waals surface area contributed by atoms with Crippen LogP contribution in [0.3, 0.4) is 0 Å². The van der Waals surface area contributed by atoms with Crippen molar-refractivity contribution in [3.63, 3.8) is 0 Å². The molecule has 86 valence electrons. The van der Waals surface area contributed by atoms with Crippen molar-refractivity contribution in [2.24, 2.45) is 5.92 Å². The molecule has 1 atom stereocenters. The third kappa shape index (κ3) is 9.01. The van der Waals surface area contributed by atoms with Gasteiger partial charge in [-0.25, -0.2) is 0 Å². The summed E-state index contributed by atoms with van der Waals surface area (Å²) in [6.45, 7) is 7.14. The second-order valence-corrected chi connectivity index (χ2v) is 5.17. The van der Waals surface area contributed by atoms with Gasteiger partial charge in [-0.2, -0.15) is 0 Å². The van der Waals surface area contributed by atoms with Gasteiger partial charge in [0.05, 0.1) is 0 Å². The Kier molecular flexibility index (Phi) is 10.3. The normalized spacial score (nSPS) is 13.5. The standard InChI is InChI=1S/C12H26BrN/c1-4-5-6-10-14(3)11-8-12(2)7-9-13/h12H,4-11H2,1-3H3. The minimum Gasteiger partial charge on any atom is -0.306 e. The summed E-state index contributed by atoms with van der Waals surface area (Å²) in [5.74, 6) is 0.864. The Morgan fingerprint density at radius 1 is 1.14 bits per heavy atom. The topological polar surface area (TPSA) is 3.24 Å². The van der Waals surface area contributed by atoms with Crippen LogP contribution in [0.25, 0.3) is 0 Å². The first-order valence-corrected chi connectivity index (χ1v) is 7.07. The molecule has 0 radical (unpaired) electrons. The van der Waals surface area contributed by atoms with Crippen molar-refractivity contribution in [3.05, 3.63) is 0 Å². The summed E-state index contributed by atoms with van der Waals surface area (Å²) in [5.41, 5.74) is 0. The molecule has 2 heteroatoms. The first-order chi connectivity index (χ1) is 6.70. The highest BCUT2D eigenvalue weighted by molar-refractivity contribution is 9.09. The lowest BCUT2D eigenvalue weighted by atomic mass is 10.1. The first kappa shape index (κ1) is 14.4. The highest BCUT2D eigenvalue weighted by Crippen LogP contribution is 2.09. The molecule has 0 heterocycles. The van der Waals surface area contributed by atoms with Gasteiger partial charge in [-0.05, 0) is 45.3 Å². The zero-order valence-electron chi connectivity index (χ0n) is 10.1. The van der Waals surface area contributed by atoms with Crippen molar-refractivity contribution in [3.8, 4) is 0 Å². The summed E-state index contributed by atoms with van der Waals surface area (Å²) in [5, 5.41) is 1.15. The first-order valence-electron chi connectivity index (χ1n) is 5.95. The van der Waals surface area contributed by atoms with Gasteiger partial charge in [0.1, 0.15) is 0 Å². The zero-order chi connectivity index (χ0) is 10.8. The fourth-order valence-corrected chi connectivity index (χ4v) is 2.30. The van der Waals surface area contributed by atoms with E-state index in [4.69, 9.17) is 0 Å². The highest BCUT2D eigenvalue weighted by Gasteiger charge is 2.03. The van der Waals surface area contributed by atoms with Gasteiger partial charge in [0.15, 0.2) is 0 Å². The third-order valence-electron chi connectivity index (χ3n) is 2.75. The van der Waals surface area contributed by atoms with Crippen LogP contribution in [0, 0.1) is 5.92 Å². The quantitative estimate of drug-likeness (QED) is 0.450. The highest BCUT2D eigenvalue weighted by atomic mass is 79.9. The predicted octanol–water partition coefficient (Wildman–Crippen LogP) is 3.92. The van der Waals surface area contributed by atoms with Crippen LogP contribution in [0.5, 0.6) is 0 Å². The van der Waals surface area contributed by atoms with Crippen molar-refractivity contribution in [2.75, 3.05) is 25.5 Å². The van der Waals surface area contributed by atoms with Crippen LogP contribution in [0.2, 0.25) is 0 Å². The van der Waals surface area contributed by atoms with E-state index >= 15 is 0 Å². The summed E-state index contributed by atoms with van der Waals surface area (Å²) in [6.07, 6.45) is 6.71. The van der Waals surface area contributed by atoms with Crippen LogP contribution in [0.4, 0.5) is 0 Å². The van der Waals surface area contributed by atoms with Gasteiger partial charge in [0.2, 0.25) is 0 Å². The van der Waals surface area contributed by atoms with Gasteiger partial charge in [-0.15, -0.1) is 0 Å². The molecule has 0 saturated carbocycles. The molecule has 0 aromatic heterocycles. The molecule has 0 N–H and O–H groups in total. The molecule has 1 nitrogen and oxygen atoms in total. The number of unbranched alkanes of at least 4 members (excludes halogenated alkanes) is 2. The van der Waals surface area contributed by atoms with Crippen LogP contribution in [0.1, 0.15) is 46.0 Å². The number of hydrogen-bond acceptors (Lipinski definition) is 1. The van der Waals surface area contributed by atoms with E-state index in [1.807, 2.05) is 0 Å². The number of alkyl halides is 1. The van der Waals surface area contributed by atoms with E-state index in [2.05, 4.69) is 41.7 Å². The average molecular weight is 264 g/mol. The summed E-state index contributed by atoms with van der Waals surface area (Å²) in [4.78, 5) is 2.47. The zero-order valence-corrected chi connectivity index (χ0v) is 11.6. The van der Waals surface area contributed by atoms with Crippen molar-refractivity contribution in [2.45, 2.75) is 46.0 Å². The minimum absolute atomic E-state index is 0.864. The largest absolute Gasteiger partial charge is 0.306 e. The predicted molar refractivity (Wildman–Crippen MR) is 69.2 cm³/mol. The van der Waals surface area contributed by atoms with Gasteiger partial charge in [-0.3, -0.25) is 0 Å². The molecular formula is C12H26BrN. The van der Waals surface area contributed by atoms with Gasteiger partial charge in [-0.1, -0.05) is 42.6 Å². The summed E-state index contributed by atoms with van der Waals surface area (Å²) in [7, 11) is 2.25. The molecule has 14 heavy (non-hydrogen) atoms. The molecule has 0 saturated heterocycles. The Bertz CT molecular complexity index is 117. The van der Waals surface area contributed by atoms with E-state index < -0.39 is 0 Å². The Balaban J connectivity index is 3.29. The molecular weight excluding hydrogens is 238 g/mol. The molecule has 0 rings (SSSR count). The second kappa shape index (κ2) is 9.97. The Hall–Kier alpha value is 0.440. The van der Waals surface area contributed by atoms with Gasteiger partial charge >= 0.3 is 0 Å². The molecule has 0 fully saturated rings. The van der Waals surface area contributed by atoms with E-state index in [0.29, 0.717) is 0 Å². The fraction of sp³-hybridized carbons (Fsp3) is 1.00. The maximum Gasteiger partial charge on any atom is 0.00338 e. The van der Waals surface area contributed by atoms with Crippen molar-refractivity contribution < 1.29 is 0 Å². The van der Waals surface area contributed by atoms with E-state index in [-0.39, 0.29) is 0 Å². The van der Waals surface area contributed by atoms with E-state index in [0.717, 1.165) is 11.2 Å². The van der Waals surface area contributed by atoms with Gasteiger partial charge in [0, 0.05) is 5.33 Å². The lowest BCUT2D eigenvalue weighted by Crippen LogP contribution is -2.22. The molecule has 0 amide bonds. The molecule has 0 aromatic carbocycles. The van der Waals surface area contributed by atoms with Crippen molar-refractivity contribution >= 4 is 15.9 Å². The summed E-state index contributed by atoms with van der Waals surface area (Å²) >= 11 is 3.49. The average Bonchev–Trinajstić information content (AvgIpc) is 2.16. The number of hydrogen-bond donors (Lipinski definition) is 0. The summed E-state index contributed by atoms with van der Waals surface area (Å²) < 4.78 is 0. The van der Waals surface area contributed by atoms with Crippen LogP contribution in [-0.4, -0.2) is 30.4 Å². The third-order valence-corrected chi connectivity index (χ3v) is 3.21. The van der Waals surface area contributed by atoms with Gasteiger partial charge < -0.3 is 4.90 Å². The van der Waals surface area contributed by atoms with E-state index in [1.165, 1.54) is 45.2 Å². The Morgan fingerprint density at radius 2 is 1.86 bits per heavy atom. The van der Waals surface area contributed by atoms with Crippen LogP contribution in [0.15, 0.2) is 0 Å². The molecule has 0 bridgehead atoms. The number of nitrogens with zero attached hydrogens (tertiary/aromatic N) is 1. The van der Waals surface area contributed by atoms with Gasteiger partial charge in [0.25, 0.3) is 0 Å². The Morgan fingerprint density at radius 3 is 2.43 bits per heavy atom. The molecule has 0 aliphatic rings. The molecule has 0 aliphatic carbocycles. The smallest absolute Gasteiger partial charge is 0.00338 e. The fourth-order valence-electron chi connectivity index (χ4n) is 1.51. The van der Waals surface area contributed by atoms with Crippen molar-refractivity contribution in [1.29, 1.82) is 0 Å². The van der Waals surface area contributed by atoms with E-state index in [1.54, 1.807) is 0 Å². The lowest BCUT2D eigenvalue weighted by molar-refractivity contribution is 0.297. The maximum absolute atomic E-state index is 3.49. The molecule has 0 spiro atoms. The van der Waals surface area contributed by atoms with Crippen molar-refractivity contribution in [1.82, 2.24) is 4.90 Å². The minimum atomic E-state index is 0.864. The Labute approximate surface area is 98.4 Å². The second-order valence-electron chi connectivity index (χ2n) is 4.38. The molecule has 0 aliphatic heterocycles. The number of rotatable bonds is 9. The SMILES string of the molecule is CCCCCN(C)CCC(C)CCBr. The summed E-state index contributed by atoms with van der Waals surface area (Å²) in [6, 6.07) is 0. The monoisotopic (exact) mass is 263 g/mol. The van der Waals surface area contributed by atoms with Crippen LogP contribution < -0.4 is 0 Å². The lowest BCUT2D eigenvalue weighted by Gasteiger charge is -2.18.